The largest absolute Gasteiger partial charge is 0.378 e. The lowest BCUT2D eigenvalue weighted by molar-refractivity contribution is -0.385. The zero-order chi connectivity index (χ0) is 13.8. The highest BCUT2D eigenvalue weighted by Crippen LogP contribution is 2.22. The van der Waals surface area contributed by atoms with E-state index in [2.05, 4.69) is 5.32 Å². The summed E-state index contributed by atoms with van der Waals surface area (Å²) in [6.45, 7) is 0.362. The third-order valence-electron chi connectivity index (χ3n) is 2.40. The Balaban J connectivity index is 2.07. The van der Waals surface area contributed by atoms with Gasteiger partial charge in [0.05, 0.1) is 22.2 Å². The van der Waals surface area contributed by atoms with Gasteiger partial charge in [-0.1, -0.05) is 0 Å². The fraction of sp³-hybridized carbons (Fsp3) is 0.0833. The highest BCUT2D eigenvalue weighted by Gasteiger charge is 2.10. The maximum absolute atomic E-state index is 13.6. The topological polar surface area (TPSA) is 79.0 Å². The first-order valence-corrected chi connectivity index (χ1v) is 6.13. The van der Waals surface area contributed by atoms with Gasteiger partial charge in [-0.2, -0.15) is 5.26 Å². The molecule has 0 spiro atoms. The summed E-state index contributed by atoms with van der Waals surface area (Å²) in [5.41, 5.74) is 0.467. The number of thiophene rings is 1. The van der Waals surface area contributed by atoms with E-state index in [-0.39, 0.29) is 11.4 Å². The van der Waals surface area contributed by atoms with E-state index in [1.165, 1.54) is 23.5 Å². The molecule has 0 aliphatic rings. The SMILES string of the molecule is N#Cc1csc(CNc2ccc([N+](=O)[O-])cc2F)c1. The lowest BCUT2D eigenvalue weighted by Gasteiger charge is -2.05. The van der Waals surface area contributed by atoms with Crippen LogP contribution in [-0.4, -0.2) is 4.92 Å². The minimum absolute atomic E-state index is 0.192. The standard InChI is InChI=1S/C12H8FN3O2S/c13-11-4-9(16(17)18)1-2-12(11)15-6-10-3-8(5-14)7-19-10/h1-4,7,15H,6H2. The number of anilines is 1. The molecule has 0 saturated heterocycles. The molecule has 0 saturated carbocycles. The van der Waals surface area contributed by atoms with Gasteiger partial charge in [0.1, 0.15) is 6.07 Å². The Bertz CT molecular complexity index is 663. The highest BCUT2D eigenvalue weighted by molar-refractivity contribution is 7.10. The third kappa shape index (κ3) is 3.05. The number of nitro groups is 1. The summed E-state index contributed by atoms with van der Waals surface area (Å²) in [4.78, 5) is 10.7. The van der Waals surface area contributed by atoms with E-state index >= 15 is 0 Å². The van der Waals surface area contributed by atoms with Crippen molar-refractivity contribution in [1.82, 2.24) is 0 Å². The summed E-state index contributed by atoms with van der Waals surface area (Å²) in [6.07, 6.45) is 0. The van der Waals surface area contributed by atoms with Gasteiger partial charge in [0, 0.05) is 22.9 Å². The van der Waals surface area contributed by atoms with Crippen LogP contribution in [0.3, 0.4) is 0 Å². The second kappa shape index (κ2) is 5.46. The second-order valence-electron chi connectivity index (χ2n) is 3.69. The zero-order valence-corrected chi connectivity index (χ0v) is 10.4. The predicted molar refractivity (Wildman–Crippen MR) is 69.4 cm³/mol. The van der Waals surface area contributed by atoms with Crippen LogP contribution >= 0.6 is 11.3 Å². The van der Waals surface area contributed by atoms with Gasteiger partial charge in [-0.25, -0.2) is 4.39 Å². The number of hydrogen-bond donors (Lipinski definition) is 1. The van der Waals surface area contributed by atoms with Crippen LogP contribution in [-0.2, 0) is 6.54 Å². The molecular weight excluding hydrogens is 269 g/mol. The third-order valence-corrected chi connectivity index (χ3v) is 3.34. The molecule has 2 aromatic rings. The highest BCUT2D eigenvalue weighted by atomic mass is 32.1. The molecule has 0 fully saturated rings. The molecule has 0 unspecified atom stereocenters. The van der Waals surface area contributed by atoms with Gasteiger partial charge in [-0.3, -0.25) is 10.1 Å². The molecule has 0 amide bonds. The van der Waals surface area contributed by atoms with Crippen molar-refractivity contribution in [2.75, 3.05) is 5.32 Å². The van der Waals surface area contributed by atoms with Crippen molar-refractivity contribution in [3.8, 4) is 6.07 Å². The first-order chi connectivity index (χ1) is 9.10. The van der Waals surface area contributed by atoms with E-state index in [0.717, 1.165) is 10.9 Å². The summed E-state index contributed by atoms with van der Waals surface area (Å²) >= 11 is 1.39. The number of benzene rings is 1. The molecule has 19 heavy (non-hydrogen) atoms. The Kier molecular flexibility index (Phi) is 3.73. The van der Waals surface area contributed by atoms with E-state index in [1.54, 1.807) is 11.4 Å². The number of nitrogens with zero attached hydrogens (tertiary/aromatic N) is 2. The maximum Gasteiger partial charge on any atom is 0.272 e. The summed E-state index contributed by atoms with van der Waals surface area (Å²) in [6, 6.07) is 7.15. The summed E-state index contributed by atoms with van der Waals surface area (Å²) in [7, 11) is 0. The van der Waals surface area contributed by atoms with Crippen LogP contribution in [0.5, 0.6) is 0 Å². The first kappa shape index (κ1) is 13.0. The molecule has 0 bridgehead atoms. The second-order valence-corrected chi connectivity index (χ2v) is 4.68. The Morgan fingerprint density at radius 3 is 2.84 bits per heavy atom. The lowest BCUT2D eigenvalue weighted by atomic mass is 10.2. The average molecular weight is 277 g/mol. The molecule has 7 heteroatoms. The van der Waals surface area contributed by atoms with Gasteiger partial charge < -0.3 is 5.32 Å². The van der Waals surface area contributed by atoms with Gasteiger partial charge in [-0.05, 0) is 12.1 Å². The van der Waals surface area contributed by atoms with Gasteiger partial charge in [0.15, 0.2) is 5.82 Å². The normalized spacial score (nSPS) is 9.89. The van der Waals surface area contributed by atoms with Crippen LogP contribution in [0.4, 0.5) is 15.8 Å². The number of rotatable bonds is 4. The van der Waals surface area contributed by atoms with Crippen molar-refractivity contribution in [3.63, 3.8) is 0 Å². The van der Waals surface area contributed by atoms with Crippen molar-refractivity contribution in [1.29, 1.82) is 5.26 Å². The predicted octanol–water partition coefficient (Wildman–Crippen LogP) is 3.28. The molecular formula is C12H8FN3O2S. The Labute approximate surface area is 112 Å². The summed E-state index contributed by atoms with van der Waals surface area (Å²) in [5.74, 6) is -0.675. The molecule has 0 atom stereocenters. The van der Waals surface area contributed by atoms with E-state index in [0.29, 0.717) is 12.1 Å². The molecule has 1 heterocycles. The van der Waals surface area contributed by atoms with E-state index < -0.39 is 10.7 Å². The van der Waals surface area contributed by atoms with Gasteiger partial charge in [0.2, 0.25) is 0 Å². The van der Waals surface area contributed by atoms with E-state index in [4.69, 9.17) is 5.26 Å². The van der Waals surface area contributed by atoms with Crippen LogP contribution in [0, 0.1) is 27.3 Å². The molecule has 0 aliphatic carbocycles. The molecule has 5 nitrogen and oxygen atoms in total. The van der Waals surface area contributed by atoms with E-state index in [9.17, 15) is 14.5 Å². The Hall–Kier alpha value is -2.46. The van der Waals surface area contributed by atoms with Crippen LogP contribution in [0.2, 0.25) is 0 Å². The number of halogens is 1. The fourth-order valence-electron chi connectivity index (χ4n) is 1.48. The Morgan fingerprint density at radius 1 is 1.47 bits per heavy atom. The average Bonchev–Trinajstić information content (AvgIpc) is 2.85. The fourth-order valence-corrected chi connectivity index (χ4v) is 2.22. The molecule has 1 aromatic carbocycles. The quantitative estimate of drug-likeness (QED) is 0.687. The molecule has 2 rings (SSSR count). The zero-order valence-electron chi connectivity index (χ0n) is 9.59. The van der Waals surface area contributed by atoms with Gasteiger partial charge in [0.25, 0.3) is 5.69 Å². The Morgan fingerprint density at radius 2 is 2.26 bits per heavy atom. The monoisotopic (exact) mass is 277 g/mol. The van der Waals surface area contributed by atoms with Gasteiger partial charge >= 0.3 is 0 Å². The molecule has 1 aromatic heterocycles. The molecule has 0 radical (unpaired) electrons. The number of nitro benzene ring substituents is 1. The molecule has 96 valence electrons. The van der Waals surface area contributed by atoms with Crippen molar-refractivity contribution in [2.24, 2.45) is 0 Å². The van der Waals surface area contributed by atoms with Crippen molar-refractivity contribution < 1.29 is 9.31 Å². The van der Waals surface area contributed by atoms with Crippen molar-refractivity contribution >= 4 is 22.7 Å². The minimum atomic E-state index is -0.675. The van der Waals surface area contributed by atoms with Crippen LogP contribution in [0.15, 0.2) is 29.6 Å². The minimum Gasteiger partial charge on any atom is -0.378 e. The number of nitrogens with one attached hydrogen (secondary N) is 1. The molecule has 0 aliphatic heterocycles. The number of non-ortho nitro benzene ring substituents is 1. The van der Waals surface area contributed by atoms with Crippen LogP contribution in [0.25, 0.3) is 0 Å². The number of nitriles is 1. The first-order valence-electron chi connectivity index (χ1n) is 5.25. The number of hydrogen-bond acceptors (Lipinski definition) is 5. The van der Waals surface area contributed by atoms with Crippen molar-refractivity contribution in [3.05, 3.63) is 56.0 Å². The maximum atomic E-state index is 13.6. The molecule has 1 N–H and O–H groups in total. The van der Waals surface area contributed by atoms with Gasteiger partial charge in [-0.15, -0.1) is 11.3 Å². The van der Waals surface area contributed by atoms with Crippen molar-refractivity contribution in [2.45, 2.75) is 6.54 Å². The smallest absolute Gasteiger partial charge is 0.272 e. The lowest BCUT2D eigenvalue weighted by Crippen LogP contribution is -2.00. The summed E-state index contributed by atoms with van der Waals surface area (Å²) in [5, 5.41) is 23.7. The van der Waals surface area contributed by atoms with Crippen LogP contribution < -0.4 is 5.32 Å². The van der Waals surface area contributed by atoms with E-state index in [1.807, 2.05) is 6.07 Å². The summed E-state index contributed by atoms with van der Waals surface area (Å²) < 4.78 is 13.6. The van der Waals surface area contributed by atoms with Crippen LogP contribution in [0.1, 0.15) is 10.4 Å².